The van der Waals surface area contributed by atoms with Gasteiger partial charge in [-0.1, -0.05) is 35.9 Å². The van der Waals surface area contributed by atoms with Crippen molar-refractivity contribution in [3.8, 4) is 0 Å². The lowest BCUT2D eigenvalue weighted by Gasteiger charge is -2.32. The maximum atomic E-state index is 12.8. The first-order valence-electron chi connectivity index (χ1n) is 8.65. The minimum Gasteiger partial charge on any atom is -0.351 e. The van der Waals surface area contributed by atoms with Gasteiger partial charge in [-0.3, -0.25) is 14.8 Å². The van der Waals surface area contributed by atoms with Crippen molar-refractivity contribution in [2.45, 2.75) is 18.9 Å². The van der Waals surface area contributed by atoms with Crippen molar-refractivity contribution in [3.63, 3.8) is 0 Å². The Kier molecular flexibility index (Phi) is 4.59. The quantitative estimate of drug-likeness (QED) is 0.414. The van der Waals surface area contributed by atoms with Crippen LogP contribution in [0.1, 0.15) is 21.6 Å². The predicted octanol–water partition coefficient (Wildman–Crippen LogP) is 2.84. The molecule has 0 radical (unpaired) electrons. The van der Waals surface area contributed by atoms with Crippen molar-refractivity contribution in [3.05, 3.63) is 70.4 Å². The summed E-state index contributed by atoms with van der Waals surface area (Å²) >= 11 is 6.00. The van der Waals surface area contributed by atoms with Crippen molar-refractivity contribution in [1.29, 1.82) is 0 Å². The molecule has 0 fully saturated rings. The molecule has 0 saturated carbocycles. The van der Waals surface area contributed by atoms with E-state index in [0.717, 1.165) is 22.0 Å². The monoisotopic (exact) mass is 383 g/mol. The van der Waals surface area contributed by atoms with E-state index in [9.17, 15) is 9.59 Å². The fraction of sp³-hybridized carbons (Fsp3) is 0.200. The van der Waals surface area contributed by atoms with Crippen LogP contribution in [0.4, 0.5) is 0 Å². The second kappa shape index (κ2) is 7.06. The molecule has 4 N–H and O–H groups in total. The van der Waals surface area contributed by atoms with Gasteiger partial charge in [0, 0.05) is 22.0 Å². The number of rotatable bonds is 3. The van der Waals surface area contributed by atoms with Crippen molar-refractivity contribution >= 4 is 34.3 Å². The highest BCUT2D eigenvalue weighted by Gasteiger charge is 2.34. The molecule has 0 saturated heterocycles. The molecule has 1 aliphatic carbocycles. The van der Waals surface area contributed by atoms with E-state index in [-0.39, 0.29) is 5.91 Å². The molecular weight excluding hydrogens is 366 g/mol. The van der Waals surface area contributed by atoms with Crippen LogP contribution in [0.3, 0.4) is 0 Å². The predicted molar refractivity (Wildman–Crippen MR) is 102 cm³/mol. The summed E-state index contributed by atoms with van der Waals surface area (Å²) in [5.41, 5.74) is 5.07. The molecule has 2 atom stereocenters. The molecule has 1 heterocycles. The van der Waals surface area contributed by atoms with Crippen LogP contribution in [-0.2, 0) is 17.6 Å². The zero-order valence-electron chi connectivity index (χ0n) is 14.3. The number of aromatic nitrogens is 1. The van der Waals surface area contributed by atoms with Crippen LogP contribution in [0.2, 0.25) is 5.02 Å². The largest absolute Gasteiger partial charge is 0.351 e. The minimum atomic E-state index is -0.548. The maximum absolute atomic E-state index is 12.8. The first-order chi connectivity index (χ1) is 13.0. The molecule has 138 valence electrons. The third kappa shape index (κ3) is 3.41. The van der Waals surface area contributed by atoms with E-state index in [2.05, 4.69) is 10.3 Å². The van der Waals surface area contributed by atoms with Crippen LogP contribution in [0.25, 0.3) is 10.9 Å². The third-order valence-corrected chi connectivity index (χ3v) is 5.31. The van der Waals surface area contributed by atoms with Crippen molar-refractivity contribution in [1.82, 2.24) is 15.8 Å². The number of benzene rings is 2. The number of hydroxylamine groups is 1. The highest BCUT2D eigenvalue weighted by atomic mass is 35.5. The Bertz CT molecular complexity index is 1030. The lowest BCUT2D eigenvalue weighted by molar-refractivity contribution is -0.134. The van der Waals surface area contributed by atoms with Gasteiger partial charge in [-0.05, 0) is 48.2 Å². The molecule has 1 aliphatic rings. The standard InChI is InChI=1S/C20H18ClN3O3/c21-14-5-6-16-13(7-14)10-18(22-16)20(26)23-17-9-12-4-2-1-3-11(12)8-15(17)19(25)24-27/h1-7,10,15,17,22,27H,8-9H2,(H,23,26)(H,24,25)/t15-,17?/m1/s1. The van der Waals surface area contributed by atoms with E-state index in [4.69, 9.17) is 16.8 Å². The van der Waals surface area contributed by atoms with Crippen LogP contribution >= 0.6 is 11.6 Å². The Labute approximate surface area is 160 Å². The van der Waals surface area contributed by atoms with E-state index in [0.29, 0.717) is 23.6 Å². The fourth-order valence-corrected chi connectivity index (χ4v) is 3.88. The van der Waals surface area contributed by atoms with E-state index in [1.54, 1.807) is 23.7 Å². The van der Waals surface area contributed by atoms with Crippen LogP contribution in [0.15, 0.2) is 48.5 Å². The third-order valence-electron chi connectivity index (χ3n) is 5.07. The minimum absolute atomic E-state index is 0.303. The second-order valence-corrected chi connectivity index (χ2v) is 7.19. The van der Waals surface area contributed by atoms with Gasteiger partial charge < -0.3 is 10.3 Å². The molecule has 2 aromatic carbocycles. The summed E-state index contributed by atoms with van der Waals surface area (Å²) in [6, 6.07) is 14.5. The first kappa shape index (κ1) is 17.6. The van der Waals surface area contributed by atoms with Crippen LogP contribution in [-0.4, -0.2) is 28.0 Å². The molecule has 7 heteroatoms. The van der Waals surface area contributed by atoms with Crippen LogP contribution in [0, 0.1) is 5.92 Å². The zero-order valence-corrected chi connectivity index (χ0v) is 15.1. The van der Waals surface area contributed by atoms with E-state index >= 15 is 0 Å². The lowest BCUT2D eigenvalue weighted by Crippen LogP contribution is -2.50. The maximum Gasteiger partial charge on any atom is 0.267 e. The number of carbonyl (C=O) groups excluding carboxylic acids is 2. The second-order valence-electron chi connectivity index (χ2n) is 6.75. The molecule has 0 spiro atoms. The van der Waals surface area contributed by atoms with Crippen molar-refractivity contribution in [2.75, 3.05) is 0 Å². The van der Waals surface area contributed by atoms with Gasteiger partial charge >= 0.3 is 0 Å². The summed E-state index contributed by atoms with van der Waals surface area (Å²) in [6.45, 7) is 0. The molecule has 27 heavy (non-hydrogen) atoms. The molecule has 0 bridgehead atoms. The first-order valence-corrected chi connectivity index (χ1v) is 9.03. The molecule has 4 rings (SSSR count). The number of hydrogen-bond donors (Lipinski definition) is 4. The highest BCUT2D eigenvalue weighted by molar-refractivity contribution is 6.31. The number of H-pyrrole nitrogens is 1. The smallest absolute Gasteiger partial charge is 0.267 e. The molecule has 2 amide bonds. The van der Waals surface area contributed by atoms with Gasteiger partial charge in [0.2, 0.25) is 5.91 Å². The van der Waals surface area contributed by atoms with Crippen LogP contribution in [0.5, 0.6) is 0 Å². The number of halogens is 1. The molecule has 3 aromatic rings. The number of nitrogens with one attached hydrogen (secondary N) is 3. The average Bonchev–Trinajstić information content (AvgIpc) is 3.10. The van der Waals surface area contributed by atoms with Crippen molar-refractivity contribution < 1.29 is 14.8 Å². The van der Waals surface area contributed by atoms with E-state index in [1.807, 2.05) is 30.3 Å². The van der Waals surface area contributed by atoms with E-state index in [1.165, 1.54) is 0 Å². The summed E-state index contributed by atoms with van der Waals surface area (Å²) in [6.07, 6.45) is 0.974. The number of hydrogen-bond acceptors (Lipinski definition) is 3. The number of fused-ring (bicyclic) bond motifs is 2. The molecular formula is C20H18ClN3O3. The summed E-state index contributed by atoms with van der Waals surface area (Å²) in [7, 11) is 0. The van der Waals surface area contributed by atoms with Gasteiger partial charge in [0.25, 0.3) is 5.91 Å². The number of amides is 2. The van der Waals surface area contributed by atoms with Crippen LogP contribution < -0.4 is 10.8 Å². The Hall–Kier alpha value is -2.83. The lowest BCUT2D eigenvalue weighted by atomic mass is 9.79. The molecule has 1 aromatic heterocycles. The Morgan fingerprint density at radius 1 is 1.07 bits per heavy atom. The van der Waals surface area contributed by atoms with Gasteiger partial charge in [-0.15, -0.1) is 0 Å². The highest BCUT2D eigenvalue weighted by Crippen LogP contribution is 2.27. The number of aromatic amines is 1. The Balaban J connectivity index is 1.60. The van der Waals surface area contributed by atoms with Gasteiger partial charge in [0.1, 0.15) is 5.69 Å². The normalized spacial score (nSPS) is 18.7. The van der Waals surface area contributed by atoms with Gasteiger partial charge in [-0.25, -0.2) is 5.48 Å². The molecule has 1 unspecified atom stereocenters. The Morgan fingerprint density at radius 2 is 1.81 bits per heavy atom. The summed E-state index contributed by atoms with van der Waals surface area (Å²) in [5.74, 6) is -1.35. The fourth-order valence-electron chi connectivity index (χ4n) is 3.70. The SMILES string of the molecule is O=C(NC1Cc2ccccc2C[C@H]1C(=O)NO)c1cc2cc(Cl)ccc2[nH]1. The van der Waals surface area contributed by atoms with Gasteiger partial charge in [-0.2, -0.15) is 0 Å². The summed E-state index contributed by atoms with van der Waals surface area (Å²) in [4.78, 5) is 28.0. The molecule has 0 aliphatic heterocycles. The summed E-state index contributed by atoms with van der Waals surface area (Å²) in [5, 5.41) is 13.5. The summed E-state index contributed by atoms with van der Waals surface area (Å²) < 4.78 is 0. The number of carbonyl (C=O) groups is 2. The van der Waals surface area contributed by atoms with E-state index < -0.39 is 17.9 Å². The molecule has 6 nitrogen and oxygen atoms in total. The zero-order chi connectivity index (χ0) is 19.0. The van der Waals surface area contributed by atoms with Gasteiger partial charge in [0.15, 0.2) is 0 Å². The van der Waals surface area contributed by atoms with Gasteiger partial charge in [0.05, 0.1) is 5.92 Å². The Morgan fingerprint density at radius 3 is 2.56 bits per heavy atom. The topological polar surface area (TPSA) is 94.2 Å². The van der Waals surface area contributed by atoms with Crippen molar-refractivity contribution in [2.24, 2.45) is 5.92 Å². The average molecular weight is 384 g/mol.